The average molecular weight is 433 g/mol. The molecule has 0 saturated carbocycles. The Labute approximate surface area is 179 Å². The second-order valence-electron chi connectivity index (χ2n) is 9.29. The van der Waals surface area contributed by atoms with Crippen molar-refractivity contribution in [2.75, 3.05) is 30.9 Å². The largest absolute Gasteiger partial charge is 0.375 e. The molecule has 0 radical (unpaired) electrons. The van der Waals surface area contributed by atoms with Gasteiger partial charge in [-0.25, -0.2) is 18.4 Å². The van der Waals surface area contributed by atoms with Gasteiger partial charge in [0, 0.05) is 43.4 Å². The molecule has 2 aliphatic heterocycles. The SMILES string of the molecule is Cc1nc(N2CCC(NC3CCOC(C)(C)C3)CC2)nc2cc(S(C)(=O)=O)ccc12. The molecular formula is C22H32N4O3S. The van der Waals surface area contributed by atoms with Crippen LogP contribution in [0.1, 0.15) is 45.2 Å². The third kappa shape index (κ3) is 4.76. The third-order valence-electron chi connectivity index (χ3n) is 6.22. The molecule has 1 aromatic carbocycles. The number of aromatic nitrogens is 2. The standard InChI is InChI=1S/C22H32N4O3S/c1-15-19-6-5-18(30(4,27)28)13-20(19)25-21(23-15)26-10-7-16(8-11-26)24-17-9-12-29-22(2,3)14-17/h5-6,13,16-17,24H,7-12,14H2,1-4H3. The van der Waals surface area contributed by atoms with Crippen LogP contribution in [0.3, 0.4) is 0 Å². The summed E-state index contributed by atoms with van der Waals surface area (Å²) in [6.07, 6.45) is 5.42. The van der Waals surface area contributed by atoms with Crippen molar-refractivity contribution in [2.24, 2.45) is 0 Å². The zero-order valence-electron chi connectivity index (χ0n) is 18.3. The fraction of sp³-hybridized carbons (Fsp3) is 0.636. The lowest BCUT2D eigenvalue weighted by Crippen LogP contribution is -2.50. The molecule has 30 heavy (non-hydrogen) atoms. The van der Waals surface area contributed by atoms with Gasteiger partial charge in [-0.2, -0.15) is 0 Å². The van der Waals surface area contributed by atoms with Crippen molar-refractivity contribution in [2.45, 2.75) is 69.0 Å². The summed E-state index contributed by atoms with van der Waals surface area (Å²) in [7, 11) is -3.27. The Balaban J connectivity index is 1.45. The van der Waals surface area contributed by atoms with Gasteiger partial charge in [-0.05, 0) is 64.7 Å². The molecule has 0 amide bonds. The minimum Gasteiger partial charge on any atom is -0.375 e. The molecule has 1 N–H and O–H groups in total. The first kappa shape index (κ1) is 21.5. The summed E-state index contributed by atoms with van der Waals surface area (Å²) in [4.78, 5) is 11.9. The van der Waals surface area contributed by atoms with E-state index in [-0.39, 0.29) is 5.60 Å². The maximum absolute atomic E-state index is 11.9. The van der Waals surface area contributed by atoms with Crippen molar-refractivity contribution in [1.29, 1.82) is 0 Å². The highest BCUT2D eigenvalue weighted by Crippen LogP contribution is 2.27. The van der Waals surface area contributed by atoms with Crippen molar-refractivity contribution < 1.29 is 13.2 Å². The Morgan fingerprint density at radius 2 is 1.87 bits per heavy atom. The Bertz CT molecular complexity index is 1030. The first-order valence-corrected chi connectivity index (χ1v) is 12.6. The molecule has 164 valence electrons. The minimum absolute atomic E-state index is 0.0437. The molecule has 4 rings (SSSR count). The van der Waals surface area contributed by atoms with E-state index in [0.717, 1.165) is 56.5 Å². The van der Waals surface area contributed by atoms with Crippen molar-refractivity contribution in [1.82, 2.24) is 15.3 Å². The Hall–Kier alpha value is -1.77. The number of fused-ring (bicyclic) bond motifs is 1. The van der Waals surface area contributed by atoms with Gasteiger partial charge in [-0.15, -0.1) is 0 Å². The number of nitrogens with one attached hydrogen (secondary N) is 1. The number of piperidine rings is 1. The maximum atomic E-state index is 11.9. The van der Waals surface area contributed by atoms with Gasteiger partial charge in [-0.1, -0.05) is 0 Å². The number of sulfone groups is 1. The molecule has 0 spiro atoms. The summed E-state index contributed by atoms with van der Waals surface area (Å²) in [5.74, 6) is 0.691. The minimum atomic E-state index is -3.27. The van der Waals surface area contributed by atoms with Crippen LogP contribution in [-0.4, -0.2) is 62.0 Å². The normalized spacial score (nSPS) is 23.1. The lowest BCUT2D eigenvalue weighted by molar-refractivity contribution is -0.0644. The summed E-state index contributed by atoms with van der Waals surface area (Å²) in [6, 6.07) is 6.10. The second kappa shape index (κ2) is 8.05. The van der Waals surface area contributed by atoms with Crippen LogP contribution in [0.5, 0.6) is 0 Å². The Morgan fingerprint density at radius 3 is 2.53 bits per heavy atom. The average Bonchev–Trinajstić information content (AvgIpc) is 2.66. The van der Waals surface area contributed by atoms with Gasteiger partial charge in [0.2, 0.25) is 5.95 Å². The van der Waals surface area contributed by atoms with Gasteiger partial charge >= 0.3 is 0 Å². The van der Waals surface area contributed by atoms with E-state index in [1.54, 1.807) is 18.2 Å². The van der Waals surface area contributed by atoms with E-state index in [0.29, 0.717) is 28.4 Å². The fourth-order valence-electron chi connectivity index (χ4n) is 4.58. The van der Waals surface area contributed by atoms with Crippen molar-refractivity contribution >= 4 is 26.7 Å². The molecule has 1 unspecified atom stereocenters. The number of anilines is 1. The Kier molecular flexibility index (Phi) is 5.76. The zero-order chi connectivity index (χ0) is 21.5. The van der Waals surface area contributed by atoms with Gasteiger partial charge in [0.05, 0.1) is 21.7 Å². The first-order chi connectivity index (χ1) is 14.1. The number of ether oxygens (including phenoxy) is 1. The summed E-state index contributed by atoms with van der Waals surface area (Å²) in [6.45, 7) is 8.88. The highest BCUT2D eigenvalue weighted by atomic mass is 32.2. The highest BCUT2D eigenvalue weighted by molar-refractivity contribution is 7.90. The molecule has 8 heteroatoms. The van der Waals surface area contributed by atoms with E-state index in [2.05, 4.69) is 24.1 Å². The fourth-order valence-corrected chi connectivity index (χ4v) is 5.22. The van der Waals surface area contributed by atoms with Crippen molar-refractivity contribution in [3.05, 3.63) is 23.9 Å². The molecule has 2 aromatic rings. The van der Waals surface area contributed by atoms with E-state index in [1.165, 1.54) is 6.26 Å². The van der Waals surface area contributed by atoms with Crippen LogP contribution < -0.4 is 10.2 Å². The van der Waals surface area contributed by atoms with Crippen LogP contribution in [-0.2, 0) is 14.6 Å². The number of aryl methyl sites for hydroxylation is 1. The van der Waals surface area contributed by atoms with Crippen LogP contribution in [0.25, 0.3) is 10.9 Å². The van der Waals surface area contributed by atoms with Gasteiger partial charge < -0.3 is 15.0 Å². The predicted octanol–water partition coefficient (Wildman–Crippen LogP) is 2.86. The molecule has 0 aliphatic carbocycles. The first-order valence-electron chi connectivity index (χ1n) is 10.7. The van der Waals surface area contributed by atoms with Crippen molar-refractivity contribution in [3.8, 4) is 0 Å². The quantitative estimate of drug-likeness (QED) is 0.795. The van der Waals surface area contributed by atoms with Gasteiger partial charge in [0.25, 0.3) is 0 Å². The smallest absolute Gasteiger partial charge is 0.226 e. The zero-order valence-corrected chi connectivity index (χ0v) is 19.1. The Morgan fingerprint density at radius 1 is 1.13 bits per heavy atom. The molecule has 2 fully saturated rings. The van der Waals surface area contributed by atoms with Crippen LogP contribution >= 0.6 is 0 Å². The monoisotopic (exact) mass is 432 g/mol. The molecular weight excluding hydrogens is 400 g/mol. The van der Waals surface area contributed by atoms with Crippen LogP contribution in [0.4, 0.5) is 5.95 Å². The summed E-state index contributed by atoms with van der Waals surface area (Å²) in [5.41, 5.74) is 1.52. The lowest BCUT2D eigenvalue weighted by Gasteiger charge is -2.40. The molecule has 3 heterocycles. The number of benzene rings is 1. The highest BCUT2D eigenvalue weighted by Gasteiger charge is 2.31. The number of nitrogens with zero attached hydrogens (tertiary/aromatic N) is 3. The van der Waals surface area contributed by atoms with E-state index in [1.807, 2.05) is 6.92 Å². The van der Waals surface area contributed by atoms with Crippen LogP contribution in [0.2, 0.25) is 0 Å². The molecule has 1 aromatic heterocycles. The van der Waals surface area contributed by atoms with Gasteiger partial charge in [0.1, 0.15) is 0 Å². The second-order valence-corrected chi connectivity index (χ2v) is 11.3. The molecule has 1 atom stereocenters. The third-order valence-corrected chi connectivity index (χ3v) is 7.33. The van der Waals surface area contributed by atoms with E-state index < -0.39 is 9.84 Å². The lowest BCUT2D eigenvalue weighted by atomic mass is 9.92. The van der Waals surface area contributed by atoms with Crippen molar-refractivity contribution in [3.63, 3.8) is 0 Å². The summed E-state index contributed by atoms with van der Waals surface area (Å²) >= 11 is 0. The van der Waals surface area contributed by atoms with E-state index in [4.69, 9.17) is 14.7 Å². The number of rotatable bonds is 4. The topological polar surface area (TPSA) is 84.4 Å². The molecule has 0 bridgehead atoms. The van der Waals surface area contributed by atoms with Crippen LogP contribution in [0, 0.1) is 6.92 Å². The molecule has 2 aliphatic rings. The van der Waals surface area contributed by atoms with Crippen LogP contribution in [0.15, 0.2) is 23.1 Å². The maximum Gasteiger partial charge on any atom is 0.226 e. The van der Waals surface area contributed by atoms with Gasteiger partial charge in [0.15, 0.2) is 9.84 Å². The summed E-state index contributed by atoms with van der Waals surface area (Å²) < 4.78 is 29.7. The van der Waals surface area contributed by atoms with E-state index >= 15 is 0 Å². The predicted molar refractivity (Wildman–Crippen MR) is 119 cm³/mol. The number of hydrogen-bond acceptors (Lipinski definition) is 7. The summed E-state index contributed by atoms with van der Waals surface area (Å²) in [5, 5.41) is 4.73. The van der Waals surface area contributed by atoms with E-state index in [9.17, 15) is 8.42 Å². The molecule has 7 nitrogen and oxygen atoms in total. The number of hydrogen-bond donors (Lipinski definition) is 1. The van der Waals surface area contributed by atoms with Gasteiger partial charge in [-0.3, -0.25) is 0 Å². The molecule has 2 saturated heterocycles.